The van der Waals surface area contributed by atoms with Crippen LogP contribution in [-0.2, 0) is 11.3 Å². The number of anilines is 1. The van der Waals surface area contributed by atoms with Crippen LogP contribution in [0.15, 0.2) is 52.3 Å². The first-order chi connectivity index (χ1) is 13.6. The van der Waals surface area contributed by atoms with Gasteiger partial charge in [-0.2, -0.15) is 0 Å². The van der Waals surface area contributed by atoms with E-state index in [1.54, 1.807) is 18.6 Å². The lowest BCUT2D eigenvalue weighted by Gasteiger charge is -2.02. The molecule has 0 unspecified atom stereocenters. The molecule has 0 spiro atoms. The minimum atomic E-state index is -0.956. The number of thiazole rings is 1. The minimum Gasteiger partial charge on any atom is -0.451 e. The molecule has 0 bridgehead atoms. The van der Waals surface area contributed by atoms with E-state index in [4.69, 9.17) is 9.15 Å². The quantitative estimate of drug-likeness (QED) is 0.498. The Hall–Kier alpha value is -3.10. The van der Waals surface area contributed by atoms with E-state index in [0.717, 1.165) is 17.5 Å². The van der Waals surface area contributed by atoms with Crippen molar-refractivity contribution in [3.05, 3.63) is 70.8 Å². The number of amides is 1. The molecule has 0 radical (unpaired) electrons. The molecule has 1 amide bonds. The Kier molecular flexibility index (Phi) is 4.89. The molecule has 1 N–H and O–H groups in total. The molecule has 2 heterocycles. The maximum Gasteiger partial charge on any atom is 0.293 e. The van der Waals surface area contributed by atoms with Gasteiger partial charge in [0.25, 0.3) is 5.91 Å². The largest absolute Gasteiger partial charge is 0.451 e. The van der Waals surface area contributed by atoms with Crippen LogP contribution < -0.4 is 5.32 Å². The highest BCUT2D eigenvalue weighted by Crippen LogP contribution is 2.29. The zero-order valence-electron chi connectivity index (χ0n) is 14.7. The third-order valence-corrected chi connectivity index (χ3v) is 4.89. The number of aromatic nitrogens is 1. The third-order valence-electron chi connectivity index (χ3n) is 4.13. The Balaban J connectivity index is 1.61. The molecule has 142 valence electrons. The van der Waals surface area contributed by atoms with Gasteiger partial charge in [-0.05, 0) is 24.3 Å². The summed E-state index contributed by atoms with van der Waals surface area (Å²) >= 11 is 1.17. The molecule has 28 heavy (non-hydrogen) atoms. The number of nitrogens with one attached hydrogen (secondary N) is 1. The van der Waals surface area contributed by atoms with Crippen molar-refractivity contribution < 1.29 is 22.7 Å². The number of methoxy groups -OCH3 is 1. The number of furan rings is 1. The Morgan fingerprint density at radius 2 is 2.04 bits per heavy atom. The van der Waals surface area contributed by atoms with Gasteiger partial charge in [0.2, 0.25) is 0 Å². The van der Waals surface area contributed by atoms with E-state index in [-0.39, 0.29) is 12.4 Å². The van der Waals surface area contributed by atoms with E-state index < -0.39 is 17.5 Å². The first kappa shape index (κ1) is 18.3. The molecular formula is C20H14F2N2O3S. The number of carbonyl (C=O) groups excluding carboxylic acids is 1. The molecular weight excluding hydrogens is 386 g/mol. The van der Waals surface area contributed by atoms with Gasteiger partial charge in [0, 0.05) is 29.0 Å². The molecule has 0 aliphatic heterocycles. The molecule has 0 aliphatic carbocycles. The van der Waals surface area contributed by atoms with E-state index in [1.807, 2.05) is 18.2 Å². The summed E-state index contributed by atoms with van der Waals surface area (Å²) in [7, 11) is 1.54. The van der Waals surface area contributed by atoms with Crippen LogP contribution in [0.2, 0.25) is 0 Å². The summed E-state index contributed by atoms with van der Waals surface area (Å²) in [4.78, 5) is 17.0. The maximum atomic E-state index is 13.4. The van der Waals surface area contributed by atoms with Crippen molar-refractivity contribution in [2.75, 3.05) is 12.4 Å². The van der Waals surface area contributed by atoms with E-state index in [0.29, 0.717) is 27.5 Å². The molecule has 0 aliphatic rings. The van der Waals surface area contributed by atoms with Gasteiger partial charge < -0.3 is 9.15 Å². The van der Waals surface area contributed by atoms with E-state index in [2.05, 4.69) is 10.3 Å². The molecule has 5 nitrogen and oxygen atoms in total. The Morgan fingerprint density at radius 3 is 2.82 bits per heavy atom. The second-order valence-corrected chi connectivity index (χ2v) is 6.82. The van der Waals surface area contributed by atoms with E-state index >= 15 is 0 Å². The zero-order valence-corrected chi connectivity index (χ0v) is 15.5. The van der Waals surface area contributed by atoms with Gasteiger partial charge in [0.1, 0.15) is 5.58 Å². The van der Waals surface area contributed by atoms with Crippen LogP contribution in [0.4, 0.5) is 13.9 Å². The fourth-order valence-electron chi connectivity index (χ4n) is 2.84. The number of hydrogen-bond donors (Lipinski definition) is 1. The lowest BCUT2D eigenvalue weighted by atomic mass is 10.1. The highest BCUT2D eigenvalue weighted by Gasteiger charge is 2.21. The van der Waals surface area contributed by atoms with E-state index in [9.17, 15) is 13.6 Å². The summed E-state index contributed by atoms with van der Waals surface area (Å²) in [5, 5.41) is 5.45. The summed E-state index contributed by atoms with van der Waals surface area (Å²) in [5.41, 5.74) is 2.08. The molecule has 4 rings (SSSR count). The number of hydrogen-bond acceptors (Lipinski definition) is 5. The molecule has 2 aromatic heterocycles. The van der Waals surface area contributed by atoms with Crippen LogP contribution >= 0.6 is 11.3 Å². The molecule has 0 saturated carbocycles. The molecule has 0 atom stereocenters. The highest BCUT2D eigenvalue weighted by atomic mass is 32.1. The average Bonchev–Trinajstić information content (AvgIpc) is 3.29. The summed E-state index contributed by atoms with van der Waals surface area (Å²) < 4.78 is 37.4. The van der Waals surface area contributed by atoms with Gasteiger partial charge in [-0.25, -0.2) is 13.8 Å². The molecule has 0 fully saturated rings. The number of nitrogens with zero attached hydrogens (tertiary/aromatic N) is 1. The van der Waals surface area contributed by atoms with Crippen molar-refractivity contribution >= 4 is 33.3 Å². The predicted octanol–water partition coefficient (Wildman–Crippen LogP) is 5.23. The van der Waals surface area contributed by atoms with Crippen LogP contribution in [0, 0.1) is 11.6 Å². The number of ether oxygens (including phenoxy) is 1. The summed E-state index contributed by atoms with van der Waals surface area (Å²) in [6.07, 6.45) is 0. The summed E-state index contributed by atoms with van der Waals surface area (Å²) in [6.45, 7) is 0.220. The first-order valence-corrected chi connectivity index (χ1v) is 9.16. The van der Waals surface area contributed by atoms with E-state index in [1.165, 1.54) is 17.4 Å². The zero-order chi connectivity index (χ0) is 19.7. The van der Waals surface area contributed by atoms with Gasteiger partial charge in [-0.1, -0.05) is 18.2 Å². The van der Waals surface area contributed by atoms with Gasteiger partial charge in [-0.15, -0.1) is 11.3 Å². The molecule has 0 saturated heterocycles. The van der Waals surface area contributed by atoms with Crippen molar-refractivity contribution in [1.29, 1.82) is 0 Å². The van der Waals surface area contributed by atoms with Gasteiger partial charge >= 0.3 is 0 Å². The van der Waals surface area contributed by atoms with Crippen LogP contribution in [0.25, 0.3) is 22.2 Å². The van der Waals surface area contributed by atoms with Crippen molar-refractivity contribution in [1.82, 2.24) is 4.98 Å². The molecule has 4 aromatic rings. The standard InChI is InChI=1S/C20H14F2N2O3S/c1-26-9-13-12-4-2-3-5-17(12)27-18(13)19(25)24-20-23-16(10-28-20)11-6-7-14(21)15(22)8-11/h2-8,10H,9H2,1H3,(H,23,24,25). The average molecular weight is 400 g/mol. The van der Waals surface area contributed by atoms with Gasteiger partial charge in [-0.3, -0.25) is 10.1 Å². The maximum absolute atomic E-state index is 13.4. The number of fused-ring (bicyclic) bond motifs is 1. The predicted molar refractivity (Wildman–Crippen MR) is 102 cm³/mol. The second-order valence-electron chi connectivity index (χ2n) is 5.96. The van der Waals surface area contributed by atoms with Crippen molar-refractivity contribution in [2.45, 2.75) is 6.61 Å². The number of halogens is 2. The second kappa shape index (κ2) is 7.49. The Bertz CT molecular complexity index is 1170. The first-order valence-electron chi connectivity index (χ1n) is 8.28. The minimum absolute atomic E-state index is 0.146. The molecule has 2 aromatic carbocycles. The van der Waals surface area contributed by atoms with Crippen LogP contribution in [0.5, 0.6) is 0 Å². The van der Waals surface area contributed by atoms with Crippen LogP contribution in [0.1, 0.15) is 16.1 Å². The third kappa shape index (κ3) is 3.39. The summed E-state index contributed by atoms with van der Waals surface area (Å²) in [5.74, 6) is -2.20. The van der Waals surface area contributed by atoms with Gasteiger partial charge in [0.05, 0.1) is 12.3 Å². The lowest BCUT2D eigenvalue weighted by molar-refractivity contribution is 0.0992. The highest BCUT2D eigenvalue weighted by molar-refractivity contribution is 7.14. The monoisotopic (exact) mass is 400 g/mol. The van der Waals surface area contributed by atoms with Gasteiger partial charge in [0.15, 0.2) is 22.5 Å². The SMILES string of the molecule is COCc1c(C(=O)Nc2nc(-c3ccc(F)c(F)c3)cs2)oc2ccccc12. The Labute approximate surface area is 162 Å². The fourth-order valence-corrected chi connectivity index (χ4v) is 3.56. The Morgan fingerprint density at radius 1 is 1.21 bits per heavy atom. The van der Waals surface area contributed by atoms with Crippen LogP contribution in [-0.4, -0.2) is 18.0 Å². The van der Waals surface area contributed by atoms with Crippen molar-refractivity contribution in [2.24, 2.45) is 0 Å². The van der Waals surface area contributed by atoms with Crippen LogP contribution in [0.3, 0.4) is 0 Å². The number of rotatable bonds is 5. The van der Waals surface area contributed by atoms with Crippen molar-refractivity contribution in [3.8, 4) is 11.3 Å². The molecule has 8 heteroatoms. The lowest BCUT2D eigenvalue weighted by Crippen LogP contribution is -2.13. The smallest absolute Gasteiger partial charge is 0.293 e. The number of carbonyl (C=O) groups is 1. The fraction of sp³-hybridized carbons (Fsp3) is 0.100. The van der Waals surface area contributed by atoms with Crippen molar-refractivity contribution in [3.63, 3.8) is 0 Å². The normalized spacial score (nSPS) is 11.1. The topological polar surface area (TPSA) is 64.4 Å². The summed E-state index contributed by atoms with van der Waals surface area (Å²) in [6, 6.07) is 10.8. The number of benzene rings is 2. The number of para-hydroxylation sites is 1.